The Hall–Kier alpha value is -1.84. The molecular weight excluding hydrogens is 308 g/mol. The highest BCUT2D eigenvalue weighted by molar-refractivity contribution is 5.30. The predicted molar refractivity (Wildman–Crippen MR) is 104 cm³/mol. The van der Waals surface area contributed by atoms with E-state index in [0.29, 0.717) is 0 Å². The summed E-state index contributed by atoms with van der Waals surface area (Å²) < 4.78 is 5.88. The molecule has 1 fully saturated rings. The highest BCUT2D eigenvalue weighted by Crippen LogP contribution is 2.20. The summed E-state index contributed by atoms with van der Waals surface area (Å²) in [4.78, 5) is 2.55. The minimum Gasteiger partial charge on any atom is -0.494 e. The molecular formula is C22H30N2O. The minimum absolute atomic E-state index is 0.0237. The average molecular weight is 338 g/mol. The lowest BCUT2D eigenvalue weighted by atomic mass is 10.00. The van der Waals surface area contributed by atoms with Gasteiger partial charge in [-0.2, -0.15) is 0 Å². The van der Waals surface area contributed by atoms with Gasteiger partial charge in [0.15, 0.2) is 0 Å². The van der Waals surface area contributed by atoms with Gasteiger partial charge < -0.3 is 15.4 Å². The van der Waals surface area contributed by atoms with Gasteiger partial charge in [0.05, 0.1) is 6.61 Å². The fourth-order valence-corrected chi connectivity index (χ4v) is 3.46. The first-order valence-corrected chi connectivity index (χ1v) is 9.56. The van der Waals surface area contributed by atoms with Crippen LogP contribution in [0, 0.1) is 0 Å². The number of piperidine rings is 1. The molecule has 134 valence electrons. The number of nitrogens with two attached hydrogens (primary N) is 1. The molecule has 0 bridgehead atoms. The van der Waals surface area contributed by atoms with E-state index < -0.39 is 0 Å². The van der Waals surface area contributed by atoms with Gasteiger partial charge >= 0.3 is 0 Å². The maximum atomic E-state index is 6.34. The summed E-state index contributed by atoms with van der Waals surface area (Å²) in [7, 11) is 0. The number of hydrogen-bond acceptors (Lipinski definition) is 3. The third kappa shape index (κ3) is 5.87. The van der Waals surface area contributed by atoms with Gasteiger partial charge in [0.2, 0.25) is 0 Å². The largest absolute Gasteiger partial charge is 0.494 e. The monoisotopic (exact) mass is 338 g/mol. The van der Waals surface area contributed by atoms with E-state index in [1.165, 1.54) is 37.9 Å². The summed E-state index contributed by atoms with van der Waals surface area (Å²) in [6.07, 6.45) is 6.05. The zero-order chi connectivity index (χ0) is 17.3. The van der Waals surface area contributed by atoms with Gasteiger partial charge in [-0.25, -0.2) is 0 Å². The smallest absolute Gasteiger partial charge is 0.119 e. The molecule has 0 aliphatic carbocycles. The summed E-state index contributed by atoms with van der Waals surface area (Å²) in [6.45, 7) is 4.45. The minimum atomic E-state index is 0.0237. The number of hydrogen-bond donors (Lipinski definition) is 1. The van der Waals surface area contributed by atoms with Crippen molar-refractivity contribution in [3.63, 3.8) is 0 Å². The van der Waals surface area contributed by atoms with Crippen LogP contribution in [0.25, 0.3) is 0 Å². The van der Waals surface area contributed by atoms with E-state index in [2.05, 4.69) is 41.3 Å². The van der Waals surface area contributed by atoms with Crippen LogP contribution in [0.1, 0.15) is 42.9 Å². The van der Waals surface area contributed by atoms with Crippen LogP contribution in [0.3, 0.4) is 0 Å². The summed E-state index contributed by atoms with van der Waals surface area (Å²) in [6, 6.07) is 18.7. The van der Waals surface area contributed by atoms with Crippen LogP contribution in [0.5, 0.6) is 5.75 Å². The lowest BCUT2D eigenvalue weighted by Gasteiger charge is -2.26. The van der Waals surface area contributed by atoms with Crippen LogP contribution < -0.4 is 10.5 Å². The summed E-state index contributed by atoms with van der Waals surface area (Å²) in [5.74, 6) is 0.939. The van der Waals surface area contributed by atoms with Gasteiger partial charge in [-0.15, -0.1) is 0 Å². The van der Waals surface area contributed by atoms with E-state index in [1.807, 2.05) is 18.2 Å². The molecule has 0 radical (unpaired) electrons. The van der Waals surface area contributed by atoms with Crippen LogP contribution in [-0.2, 0) is 6.42 Å². The molecule has 2 aromatic rings. The molecule has 0 spiro atoms. The van der Waals surface area contributed by atoms with Crippen molar-refractivity contribution < 1.29 is 4.74 Å². The Labute approximate surface area is 151 Å². The second kappa shape index (κ2) is 9.59. The van der Waals surface area contributed by atoms with Crippen LogP contribution in [0.15, 0.2) is 54.6 Å². The molecule has 1 saturated heterocycles. The van der Waals surface area contributed by atoms with E-state index in [4.69, 9.17) is 10.5 Å². The van der Waals surface area contributed by atoms with Gasteiger partial charge in [0.1, 0.15) is 5.75 Å². The van der Waals surface area contributed by atoms with Crippen molar-refractivity contribution in [1.82, 2.24) is 4.90 Å². The van der Waals surface area contributed by atoms with E-state index >= 15 is 0 Å². The number of rotatable bonds is 8. The number of benzene rings is 2. The third-order valence-corrected chi connectivity index (χ3v) is 4.94. The molecule has 1 unspecified atom stereocenters. The lowest BCUT2D eigenvalue weighted by Crippen LogP contribution is -2.31. The number of likely N-dealkylation sites (tertiary alicyclic amines) is 1. The molecule has 0 amide bonds. The lowest BCUT2D eigenvalue weighted by molar-refractivity contribution is 0.205. The van der Waals surface area contributed by atoms with Crippen molar-refractivity contribution in [2.45, 2.75) is 38.1 Å². The Morgan fingerprint density at radius 1 is 0.920 bits per heavy atom. The van der Waals surface area contributed by atoms with Crippen molar-refractivity contribution in [1.29, 1.82) is 0 Å². The van der Waals surface area contributed by atoms with Crippen molar-refractivity contribution >= 4 is 0 Å². The molecule has 3 rings (SSSR count). The molecule has 0 aromatic heterocycles. The Morgan fingerprint density at radius 2 is 1.64 bits per heavy atom. The molecule has 1 aliphatic rings. The quantitative estimate of drug-likeness (QED) is 0.734. The first-order chi connectivity index (χ1) is 12.3. The maximum Gasteiger partial charge on any atom is 0.119 e. The maximum absolute atomic E-state index is 6.34. The second-order valence-electron chi connectivity index (χ2n) is 6.97. The average Bonchev–Trinajstić information content (AvgIpc) is 2.67. The van der Waals surface area contributed by atoms with Crippen LogP contribution in [0.2, 0.25) is 0 Å². The van der Waals surface area contributed by atoms with Gasteiger partial charge in [-0.3, -0.25) is 0 Å². The number of nitrogens with zero attached hydrogens (tertiary/aromatic N) is 1. The molecule has 2 aromatic carbocycles. The first kappa shape index (κ1) is 18.0. The molecule has 25 heavy (non-hydrogen) atoms. The zero-order valence-electron chi connectivity index (χ0n) is 15.1. The Bertz CT molecular complexity index is 606. The molecule has 3 heteroatoms. The van der Waals surface area contributed by atoms with E-state index in [-0.39, 0.29) is 6.04 Å². The summed E-state index contributed by atoms with van der Waals surface area (Å²) in [5, 5.41) is 0. The number of ether oxygens (including phenoxy) is 1. The Kier molecular flexibility index (Phi) is 6.89. The van der Waals surface area contributed by atoms with Gasteiger partial charge in [-0.05, 0) is 62.0 Å². The topological polar surface area (TPSA) is 38.5 Å². The van der Waals surface area contributed by atoms with Crippen molar-refractivity contribution in [3.8, 4) is 5.75 Å². The van der Waals surface area contributed by atoms with Crippen LogP contribution in [-0.4, -0.2) is 31.1 Å². The van der Waals surface area contributed by atoms with Gasteiger partial charge in [0.25, 0.3) is 0 Å². The van der Waals surface area contributed by atoms with Crippen molar-refractivity contribution in [2.75, 3.05) is 26.2 Å². The fourth-order valence-electron chi connectivity index (χ4n) is 3.46. The Balaban J connectivity index is 1.40. The SMILES string of the molecule is NC(Cc1ccccc1)c1ccc(OCCCN2CCCCC2)cc1. The summed E-state index contributed by atoms with van der Waals surface area (Å²) >= 11 is 0. The zero-order valence-corrected chi connectivity index (χ0v) is 15.1. The van der Waals surface area contributed by atoms with Crippen molar-refractivity contribution in [2.24, 2.45) is 5.73 Å². The van der Waals surface area contributed by atoms with E-state index in [1.54, 1.807) is 0 Å². The van der Waals surface area contributed by atoms with Gasteiger partial charge in [-0.1, -0.05) is 48.9 Å². The van der Waals surface area contributed by atoms with Gasteiger partial charge in [0, 0.05) is 12.6 Å². The standard InChI is InChI=1S/C22H30N2O/c23-22(18-19-8-3-1-4-9-19)20-10-12-21(13-11-20)25-17-7-16-24-14-5-2-6-15-24/h1,3-4,8-13,22H,2,5-7,14-18,23H2. The van der Waals surface area contributed by atoms with E-state index in [9.17, 15) is 0 Å². The normalized spacial score (nSPS) is 16.5. The van der Waals surface area contributed by atoms with Crippen molar-refractivity contribution in [3.05, 3.63) is 65.7 Å². The Morgan fingerprint density at radius 3 is 2.36 bits per heavy atom. The summed E-state index contributed by atoms with van der Waals surface area (Å²) in [5.41, 5.74) is 8.76. The second-order valence-corrected chi connectivity index (χ2v) is 6.97. The third-order valence-electron chi connectivity index (χ3n) is 4.94. The molecule has 1 heterocycles. The highest BCUT2D eigenvalue weighted by Gasteiger charge is 2.09. The fraction of sp³-hybridized carbons (Fsp3) is 0.455. The molecule has 0 saturated carbocycles. The van der Waals surface area contributed by atoms with E-state index in [0.717, 1.165) is 37.3 Å². The van der Waals surface area contributed by atoms with Crippen LogP contribution in [0.4, 0.5) is 0 Å². The molecule has 1 atom stereocenters. The molecule has 2 N–H and O–H groups in total. The van der Waals surface area contributed by atoms with Crippen LogP contribution >= 0.6 is 0 Å². The predicted octanol–water partition coefficient (Wildman–Crippen LogP) is 4.18. The molecule has 3 nitrogen and oxygen atoms in total. The highest BCUT2D eigenvalue weighted by atomic mass is 16.5. The first-order valence-electron chi connectivity index (χ1n) is 9.56. The molecule has 1 aliphatic heterocycles.